The molecule has 0 saturated carbocycles. The summed E-state index contributed by atoms with van der Waals surface area (Å²) in [6.45, 7) is 8.97. The fourth-order valence-electron chi connectivity index (χ4n) is 4.71. The molecule has 4 rings (SSSR count). The molecule has 1 aliphatic heterocycles. The highest BCUT2D eigenvalue weighted by Crippen LogP contribution is 2.43. The van der Waals surface area contributed by atoms with Gasteiger partial charge in [0.05, 0.1) is 30.9 Å². The molecule has 1 saturated heterocycles. The third-order valence-electron chi connectivity index (χ3n) is 6.56. The number of Topliss-reactive ketones (excluding diaryl/α,β-unsaturated/α-hetero) is 1. The number of unbranched alkanes of at least 4 members (excludes halogenated alkanes) is 2. The average Bonchev–Trinajstić information content (AvgIpc) is 3.21. The second-order valence-corrected chi connectivity index (χ2v) is 9.92. The summed E-state index contributed by atoms with van der Waals surface area (Å²) >= 11 is 0. The van der Waals surface area contributed by atoms with Gasteiger partial charge in [-0.3, -0.25) is 14.5 Å². The predicted molar refractivity (Wildman–Crippen MR) is 156 cm³/mol. The van der Waals surface area contributed by atoms with E-state index in [2.05, 4.69) is 6.92 Å². The normalized spacial score (nSPS) is 16.4. The maximum atomic E-state index is 13.5. The number of ether oxygens (including phenoxy) is 3. The summed E-state index contributed by atoms with van der Waals surface area (Å²) in [7, 11) is 0. The van der Waals surface area contributed by atoms with Gasteiger partial charge in [0.15, 0.2) is 0 Å². The molecule has 210 valence electrons. The van der Waals surface area contributed by atoms with E-state index < -0.39 is 17.7 Å². The Kier molecular flexibility index (Phi) is 9.48. The highest BCUT2D eigenvalue weighted by molar-refractivity contribution is 6.51. The van der Waals surface area contributed by atoms with E-state index in [1.165, 1.54) is 4.90 Å². The Hall–Kier alpha value is -4.26. The highest BCUT2D eigenvalue weighted by atomic mass is 16.5. The number of hydrogen-bond donors (Lipinski definition) is 1. The fraction of sp³-hybridized carbons (Fsp3) is 0.333. The first-order chi connectivity index (χ1) is 19.3. The van der Waals surface area contributed by atoms with Crippen LogP contribution in [0.2, 0.25) is 0 Å². The van der Waals surface area contributed by atoms with Crippen molar-refractivity contribution in [3.05, 3.63) is 89.5 Å². The Morgan fingerprint density at radius 3 is 2.23 bits per heavy atom. The standard InChI is InChI=1S/C33H37NO6/c1-5-7-8-20-39-26-16-14-24(15-17-26)31(35)29-30(23-12-18-27(19-13-23)40-22(3)4)34(33(37)32(29)36)25-10-9-11-28(21-25)38-6-2/h9-19,21-22,30,35H,5-8,20H2,1-4H3/b31-29+. The number of hydrogen-bond acceptors (Lipinski definition) is 6. The number of amides is 1. The lowest BCUT2D eigenvalue weighted by atomic mass is 9.95. The third kappa shape index (κ3) is 6.47. The first kappa shape index (κ1) is 28.7. The molecule has 1 heterocycles. The van der Waals surface area contributed by atoms with Crippen molar-refractivity contribution in [1.82, 2.24) is 0 Å². The maximum absolute atomic E-state index is 13.5. The van der Waals surface area contributed by atoms with Crippen LogP contribution in [0.15, 0.2) is 78.4 Å². The summed E-state index contributed by atoms with van der Waals surface area (Å²) in [5.41, 5.74) is 1.60. The maximum Gasteiger partial charge on any atom is 0.300 e. The molecule has 0 spiro atoms. The van der Waals surface area contributed by atoms with E-state index in [9.17, 15) is 14.7 Å². The molecule has 1 N–H and O–H groups in total. The highest BCUT2D eigenvalue weighted by Gasteiger charge is 2.47. The summed E-state index contributed by atoms with van der Waals surface area (Å²) in [6.07, 6.45) is 3.17. The number of aliphatic hydroxyl groups is 1. The topological polar surface area (TPSA) is 85.3 Å². The quantitative estimate of drug-likeness (QED) is 0.114. The minimum Gasteiger partial charge on any atom is -0.507 e. The van der Waals surface area contributed by atoms with Crippen LogP contribution in [-0.2, 0) is 9.59 Å². The predicted octanol–water partition coefficient (Wildman–Crippen LogP) is 7.07. The molecule has 1 unspecified atom stereocenters. The summed E-state index contributed by atoms with van der Waals surface area (Å²) in [5, 5.41) is 11.4. The number of nitrogens with zero attached hydrogens (tertiary/aromatic N) is 1. The van der Waals surface area contributed by atoms with Crippen LogP contribution < -0.4 is 19.1 Å². The second-order valence-electron chi connectivity index (χ2n) is 9.92. The van der Waals surface area contributed by atoms with Crippen molar-refractivity contribution in [1.29, 1.82) is 0 Å². The van der Waals surface area contributed by atoms with Crippen LogP contribution in [0.25, 0.3) is 5.76 Å². The lowest BCUT2D eigenvalue weighted by Crippen LogP contribution is -2.29. The van der Waals surface area contributed by atoms with E-state index in [0.29, 0.717) is 47.3 Å². The smallest absolute Gasteiger partial charge is 0.300 e. The van der Waals surface area contributed by atoms with Gasteiger partial charge in [0.2, 0.25) is 0 Å². The van der Waals surface area contributed by atoms with Gasteiger partial charge in [-0.15, -0.1) is 0 Å². The number of ketones is 1. The van der Waals surface area contributed by atoms with Crippen molar-refractivity contribution in [3.63, 3.8) is 0 Å². The number of aliphatic hydroxyl groups excluding tert-OH is 1. The van der Waals surface area contributed by atoms with Crippen LogP contribution in [0.3, 0.4) is 0 Å². The largest absolute Gasteiger partial charge is 0.507 e. The van der Waals surface area contributed by atoms with Crippen molar-refractivity contribution in [2.75, 3.05) is 18.1 Å². The van der Waals surface area contributed by atoms with Crippen LogP contribution in [0.4, 0.5) is 5.69 Å². The monoisotopic (exact) mass is 543 g/mol. The third-order valence-corrected chi connectivity index (χ3v) is 6.56. The number of carbonyl (C=O) groups is 2. The minimum atomic E-state index is -0.852. The zero-order chi connectivity index (χ0) is 28.6. The first-order valence-corrected chi connectivity index (χ1v) is 13.9. The summed E-state index contributed by atoms with van der Waals surface area (Å²) < 4.78 is 17.2. The van der Waals surface area contributed by atoms with Gasteiger partial charge in [0, 0.05) is 17.3 Å². The summed E-state index contributed by atoms with van der Waals surface area (Å²) in [5.74, 6) is 0.203. The first-order valence-electron chi connectivity index (χ1n) is 13.9. The molecule has 1 amide bonds. The number of benzene rings is 3. The van der Waals surface area contributed by atoms with Crippen molar-refractivity contribution < 1.29 is 28.9 Å². The zero-order valence-electron chi connectivity index (χ0n) is 23.6. The van der Waals surface area contributed by atoms with Crippen LogP contribution in [0, 0.1) is 0 Å². The van der Waals surface area contributed by atoms with E-state index in [1.54, 1.807) is 60.7 Å². The molecule has 0 aliphatic carbocycles. The van der Waals surface area contributed by atoms with Crippen molar-refractivity contribution in [3.8, 4) is 17.2 Å². The minimum absolute atomic E-state index is 0.00335. The van der Waals surface area contributed by atoms with Gasteiger partial charge >= 0.3 is 0 Å². The zero-order valence-corrected chi connectivity index (χ0v) is 23.6. The van der Waals surface area contributed by atoms with Gasteiger partial charge in [-0.2, -0.15) is 0 Å². The Bertz CT molecular complexity index is 1340. The van der Waals surface area contributed by atoms with Crippen LogP contribution in [0.5, 0.6) is 17.2 Å². The molecule has 0 radical (unpaired) electrons. The van der Waals surface area contributed by atoms with Gasteiger partial charge in [-0.05, 0) is 81.3 Å². The number of carbonyl (C=O) groups excluding carboxylic acids is 2. The molecule has 0 aromatic heterocycles. The van der Waals surface area contributed by atoms with Gasteiger partial charge in [0.1, 0.15) is 23.0 Å². The Morgan fingerprint density at radius 2 is 1.57 bits per heavy atom. The van der Waals surface area contributed by atoms with Gasteiger partial charge in [0.25, 0.3) is 11.7 Å². The average molecular weight is 544 g/mol. The summed E-state index contributed by atoms with van der Waals surface area (Å²) in [6, 6.07) is 20.3. The lowest BCUT2D eigenvalue weighted by molar-refractivity contribution is -0.132. The van der Waals surface area contributed by atoms with E-state index in [1.807, 2.05) is 32.9 Å². The lowest BCUT2D eigenvalue weighted by Gasteiger charge is -2.26. The molecule has 40 heavy (non-hydrogen) atoms. The van der Waals surface area contributed by atoms with E-state index in [0.717, 1.165) is 19.3 Å². The van der Waals surface area contributed by atoms with Crippen molar-refractivity contribution in [2.24, 2.45) is 0 Å². The molecule has 1 aliphatic rings. The van der Waals surface area contributed by atoms with Gasteiger partial charge < -0.3 is 19.3 Å². The second kappa shape index (κ2) is 13.2. The molecule has 1 fully saturated rings. The van der Waals surface area contributed by atoms with E-state index >= 15 is 0 Å². The molecule has 1 atom stereocenters. The number of rotatable bonds is 12. The van der Waals surface area contributed by atoms with E-state index in [4.69, 9.17) is 14.2 Å². The van der Waals surface area contributed by atoms with Gasteiger partial charge in [-0.25, -0.2) is 0 Å². The van der Waals surface area contributed by atoms with Crippen LogP contribution >= 0.6 is 0 Å². The van der Waals surface area contributed by atoms with Crippen molar-refractivity contribution >= 4 is 23.1 Å². The molecular formula is C33H37NO6. The Balaban J connectivity index is 1.76. The number of anilines is 1. The Labute approximate surface area is 236 Å². The molecule has 7 nitrogen and oxygen atoms in total. The Morgan fingerprint density at radius 1 is 0.875 bits per heavy atom. The fourth-order valence-corrected chi connectivity index (χ4v) is 4.71. The molecule has 0 bridgehead atoms. The van der Waals surface area contributed by atoms with E-state index in [-0.39, 0.29) is 17.4 Å². The van der Waals surface area contributed by atoms with Gasteiger partial charge in [-0.1, -0.05) is 38.0 Å². The molecule has 7 heteroatoms. The summed E-state index contributed by atoms with van der Waals surface area (Å²) in [4.78, 5) is 28.4. The molecular weight excluding hydrogens is 506 g/mol. The SMILES string of the molecule is CCCCCOc1ccc(/C(O)=C2\C(=O)C(=O)N(c3cccc(OCC)c3)C2c2ccc(OC(C)C)cc2)cc1. The van der Waals surface area contributed by atoms with Crippen molar-refractivity contribution in [2.45, 2.75) is 59.1 Å². The molecule has 3 aromatic carbocycles. The van der Waals surface area contributed by atoms with Crippen LogP contribution in [0.1, 0.15) is 64.1 Å². The van der Waals surface area contributed by atoms with Crippen LogP contribution in [-0.4, -0.2) is 36.1 Å². The molecule has 3 aromatic rings.